The Morgan fingerprint density at radius 2 is 2.25 bits per heavy atom. The maximum Gasteiger partial charge on any atom is 0.101 e. The summed E-state index contributed by atoms with van der Waals surface area (Å²) in [6.07, 6.45) is 9.60. The minimum atomic E-state index is 0.291. The molecular formula is C14H25BO. The fraction of sp³-hybridized carbons (Fsp3) is 0.714. The van der Waals surface area contributed by atoms with Gasteiger partial charge in [0.2, 0.25) is 0 Å². The van der Waals surface area contributed by atoms with Gasteiger partial charge in [0.15, 0.2) is 0 Å². The van der Waals surface area contributed by atoms with E-state index in [1.807, 2.05) is 13.2 Å². The van der Waals surface area contributed by atoms with Crippen molar-refractivity contribution in [1.29, 1.82) is 0 Å². The molecule has 0 aromatic heterocycles. The van der Waals surface area contributed by atoms with Crippen molar-refractivity contribution in [1.82, 2.24) is 0 Å². The standard InChI is InChI=1S/C14H25BO/c1-4-6-14(16-3)13-8-5-7-12(13)9-11(2)10-15/h4,11,14H,1,5-10,15H2,2-3H3. The second-order valence-corrected chi connectivity index (χ2v) is 4.95. The van der Waals surface area contributed by atoms with Crippen LogP contribution >= 0.6 is 0 Å². The molecule has 1 aliphatic rings. The number of hydrogen-bond donors (Lipinski definition) is 0. The van der Waals surface area contributed by atoms with E-state index in [1.54, 1.807) is 11.1 Å². The third-order valence-electron chi connectivity index (χ3n) is 3.72. The van der Waals surface area contributed by atoms with Gasteiger partial charge >= 0.3 is 0 Å². The van der Waals surface area contributed by atoms with Gasteiger partial charge in [-0.25, -0.2) is 0 Å². The number of ether oxygens (including phenoxy) is 1. The van der Waals surface area contributed by atoms with E-state index >= 15 is 0 Å². The van der Waals surface area contributed by atoms with Crippen LogP contribution in [0, 0.1) is 5.92 Å². The first-order chi connectivity index (χ1) is 7.72. The fourth-order valence-electron chi connectivity index (χ4n) is 2.55. The molecule has 0 radical (unpaired) electrons. The summed E-state index contributed by atoms with van der Waals surface area (Å²) in [5.41, 5.74) is 3.24. The van der Waals surface area contributed by atoms with Gasteiger partial charge in [0.1, 0.15) is 7.85 Å². The van der Waals surface area contributed by atoms with E-state index in [-0.39, 0.29) is 0 Å². The Kier molecular flexibility index (Phi) is 5.90. The third kappa shape index (κ3) is 3.52. The maximum absolute atomic E-state index is 5.59. The molecule has 1 rings (SSSR count). The lowest BCUT2D eigenvalue weighted by Gasteiger charge is -2.19. The minimum absolute atomic E-state index is 0.291. The third-order valence-corrected chi connectivity index (χ3v) is 3.72. The molecule has 16 heavy (non-hydrogen) atoms. The molecule has 0 saturated carbocycles. The van der Waals surface area contributed by atoms with Crippen LogP contribution in [0.4, 0.5) is 0 Å². The van der Waals surface area contributed by atoms with Crippen molar-refractivity contribution in [3.8, 4) is 0 Å². The first kappa shape index (κ1) is 13.6. The quantitative estimate of drug-likeness (QED) is 0.473. The summed E-state index contributed by atoms with van der Waals surface area (Å²) < 4.78 is 5.59. The Labute approximate surface area is 101 Å². The molecule has 0 amide bonds. The van der Waals surface area contributed by atoms with Crippen molar-refractivity contribution in [2.45, 2.75) is 51.5 Å². The number of hydrogen-bond acceptors (Lipinski definition) is 1. The van der Waals surface area contributed by atoms with Crippen LogP contribution in [0.3, 0.4) is 0 Å². The average molecular weight is 220 g/mol. The summed E-state index contributed by atoms with van der Waals surface area (Å²) in [4.78, 5) is 0. The van der Waals surface area contributed by atoms with E-state index < -0.39 is 0 Å². The van der Waals surface area contributed by atoms with Crippen molar-refractivity contribution < 1.29 is 4.74 Å². The Morgan fingerprint density at radius 3 is 2.81 bits per heavy atom. The molecule has 1 nitrogen and oxygen atoms in total. The average Bonchev–Trinajstić information content (AvgIpc) is 2.73. The molecule has 0 bridgehead atoms. The van der Waals surface area contributed by atoms with Gasteiger partial charge in [-0.3, -0.25) is 0 Å². The van der Waals surface area contributed by atoms with Crippen molar-refractivity contribution in [2.75, 3.05) is 7.11 Å². The van der Waals surface area contributed by atoms with Gasteiger partial charge in [-0.1, -0.05) is 24.9 Å². The van der Waals surface area contributed by atoms with E-state index in [1.165, 1.54) is 32.0 Å². The highest BCUT2D eigenvalue weighted by Gasteiger charge is 2.22. The summed E-state index contributed by atoms with van der Waals surface area (Å²) >= 11 is 0. The molecule has 0 aliphatic heterocycles. The first-order valence-corrected chi connectivity index (χ1v) is 6.57. The maximum atomic E-state index is 5.59. The van der Waals surface area contributed by atoms with E-state index in [9.17, 15) is 0 Å². The predicted molar refractivity (Wildman–Crippen MR) is 73.6 cm³/mol. The highest BCUT2D eigenvalue weighted by molar-refractivity contribution is 6.08. The van der Waals surface area contributed by atoms with E-state index in [4.69, 9.17) is 4.74 Å². The first-order valence-electron chi connectivity index (χ1n) is 6.57. The summed E-state index contributed by atoms with van der Waals surface area (Å²) in [5, 5.41) is 0. The topological polar surface area (TPSA) is 9.23 Å². The van der Waals surface area contributed by atoms with Crippen LogP contribution in [-0.2, 0) is 4.74 Å². The molecule has 0 N–H and O–H groups in total. The van der Waals surface area contributed by atoms with Crippen LogP contribution in [-0.4, -0.2) is 21.1 Å². The lowest BCUT2D eigenvalue weighted by atomic mass is 9.86. The van der Waals surface area contributed by atoms with Gasteiger partial charge in [0, 0.05) is 7.11 Å². The Bertz CT molecular complexity index is 257. The molecule has 0 heterocycles. The highest BCUT2D eigenvalue weighted by atomic mass is 16.5. The Morgan fingerprint density at radius 1 is 1.50 bits per heavy atom. The van der Waals surface area contributed by atoms with Crippen molar-refractivity contribution in [2.24, 2.45) is 5.92 Å². The molecule has 0 spiro atoms. The van der Waals surface area contributed by atoms with Crippen LogP contribution in [0.1, 0.15) is 39.0 Å². The minimum Gasteiger partial charge on any atom is -0.377 e. The molecule has 2 unspecified atom stereocenters. The predicted octanol–water partition coefficient (Wildman–Crippen LogP) is 3.14. The molecule has 0 aromatic rings. The molecule has 0 fully saturated rings. The van der Waals surface area contributed by atoms with E-state index in [2.05, 4.69) is 21.3 Å². The summed E-state index contributed by atoms with van der Waals surface area (Å²) in [6, 6.07) is 0. The Balaban J connectivity index is 2.71. The smallest absolute Gasteiger partial charge is 0.101 e. The van der Waals surface area contributed by atoms with Gasteiger partial charge in [-0.15, -0.1) is 6.58 Å². The number of rotatable bonds is 7. The molecule has 0 aromatic carbocycles. The van der Waals surface area contributed by atoms with Crippen LogP contribution in [0.5, 0.6) is 0 Å². The molecule has 90 valence electrons. The normalized spacial score (nSPS) is 19.9. The Hall–Kier alpha value is -0.495. The zero-order chi connectivity index (χ0) is 12.0. The zero-order valence-corrected chi connectivity index (χ0v) is 11.1. The van der Waals surface area contributed by atoms with E-state index in [0.29, 0.717) is 6.10 Å². The van der Waals surface area contributed by atoms with Gasteiger partial charge in [0.25, 0.3) is 0 Å². The molecule has 0 saturated heterocycles. The van der Waals surface area contributed by atoms with Crippen molar-refractivity contribution in [3.05, 3.63) is 23.8 Å². The van der Waals surface area contributed by atoms with Crippen molar-refractivity contribution >= 4 is 7.85 Å². The van der Waals surface area contributed by atoms with Crippen LogP contribution < -0.4 is 0 Å². The second-order valence-electron chi connectivity index (χ2n) is 4.95. The molecule has 1 aliphatic carbocycles. The molecule has 2 heteroatoms. The number of allylic oxidation sites excluding steroid dienone is 1. The van der Waals surface area contributed by atoms with Crippen LogP contribution in [0.25, 0.3) is 0 Å². The fourth-order valence-corrected chi connectivity index (χ4v) is 2.55. The van der Waals surface area contributed by atoms with E-state index in [0.717, 1.165) is 12.3 Å². The number of methoxy groups -OCH3 is 1. The summed E-state index contributed by atoms with van der Waals surface area (Å²) in [6.45, 7) is 6.16. The monoisotopic (exact) mass is 220 g/mol. The largest absolute Gasteiger partial charge is 0.377 e. The zero-order valence-electron chi connectivity index (χ0n) is 11.1. The van der Waals surface area contributed by atoms with Gasteiger partial charge < -0.3 is 4.74 Å². The summed E-state index contributed by atoms with van der Waals surface area (Å²) in [5.74, 6) is 0.810. The lowest BCUT2D eigenvalue weighted by molar-refractivity contribution is 0.131. The van der Waals surface area contributed by atoms with Crippen LogP contribution in [0.15, 0.2) is 23.8 Å². The lowest BCUT2D eigenvalue weighted by Crippen LogP contribution is -2.13. The molecule has 2 atom stereocenters. The van der Waals surface area contributed by atoms with Gasteiger partial charge in [-0.2, -0.15) is 0 Å². The summed E-state index contributed by atoms with van der Waals surface area (Å²) in [7, 11) is 4.09. The SMILES string of the molecule is BCC(C)CC1=C(C(CC=C)OC)CCC1. The van der Waals surface area contributed by atoms with Crippen LogP contribution in [0.2, 0.25) is 6.32 Å². The van der Waals surface area contributed by atoms with Crippen molar-refractivity contribution in [3.63, 3.8) is 0 Å². The molecular weight excluding hydrogens is 195 g/mol. The van der Waals surface area contributed by atoms with Gasteiger partial charge in [0.05, 0.1) is 6.10 Å². The second kappa shape index (κ2) is 6.95. The van der Waals surface area contributed by atoms with Gasteiger partial charge in [-0.05, 0) is 43.6 Å². The highest BCUT2D eigenvalue weighted by Crippen LogP contribution is 2.35.